The first-order valence-electron chi connectivity index (χ1n) is 6.21. The Labute approximate surface area is 120 Å². The number of benzene rings is 1. The Hall–Kier alpha value is -1.10. The number of ether oxygens (including phenoxy) is 1. The number of amides is 1. The fourth-order valence-electron chi connectivity index (χ4n) is 1.92. The van der Waals surface area contributed by atoms with Gasteiger partial charge >= 0.3 is 6.09 Å². The van der Waals surface area contributed by atoms with Crippen LogP contribution in [0.3, 0.4) is 0 Å². The number of carbonyl (C=O) groups is 1. The lowest BCUT2D eigenvalue weighted by Gasteiger charge is -2.19. The molecule has 1 aromatic rings. The van der Waals surface area contributed by atoms with Crippen LogP contribution in [0.2, 0.25) is 0 Å². The molecular weight excluding hydrogens is 313 g/mol. The molecule has 1 aromatic carbocycles. The van der Waals surface area contributed by atoms with Gasteiger partial charge in [-0.25, -0.2) is 9.18 Å². The third-order valence-corrected chi connectivity index (χ3v) is 3.51. The summed E-state index contributed by atoms with van der Waals surface area (Å²) in [7, 11) is 0. The monoisotopic (exact) mass is 329 g/mol. The highest BCUT2D eigenvalue weighted by Gasteiger charge is 2.40. The number of hydrogen-bond donors (Lipinski definition) is 1. The second kappa shape index (κ2) is 5.12. The maximum absolute atomic E-state index is 13.4. The minimum atomic E-state index is -0.502. The normalized spacial score (nSPS) is 21.9. The maximum atomic E-state index is 13.4. The first-order chi connectivity index (χ1) is 8.76. The molecule has 3 nitrogen and oxygen atoms in total. The Bertz CT molecular complexity index is 499. The largest absolute Gasteiger partial charge is 0.444 e. The third-order valence-electron chi connectivity index (χ3n) is 2.86. The van der Waals surface area contributed by atoms with Crippen LogP contribution in [0.5, 0.6) is 0 Å². The second-order valence-corrected chi connectivity index (χ2v) is 6.62. The van der Waals surface area contributed by atoms with Gasteiger partial charge in [-0.05, 0) is 60.8 Å². The van der Waals surface area contributed by atoms with E-state index in [1.165, 1.54) is 6.07 Å². The van der Waals surface area contributed by atoms with Crippen molar-refractivity contribution in [2.24, 2.45) is 0 Å². The maximum Gasteiger partial charge on any atom is 0.407 e. The van der Waals surface area contributed by atoms with E-state index < -0.39 is 11.7 Å². The van der Waals surface area contributed by atoms with Gasteiger partial charge < -0.3 is 10.1 Å². The van der Waals surface area contributed by atoms with E-state index in [1.54, 1.807) is 6.07 Å². The van der Waals surface area contributed by atoms with Crippen molar-refractivity contribution in [3.8, 4) is 0 Å². The van der Waals surface area contributed by atoms with Gasteiger partial charge in [0.1, 0.15) is 11.4 Å². The molecule has 104 valence electrons. The highest BCUT2D eigenvalue weighted by Crippen LogP contribution is 2.41. The SMILES string of the molecule is CC(C)(C)OC(=O)NC1CC1c1ccc(Br)c(F)c1. The number of carbonyl (C=O) groups excluding carboxylic acids is 1. The lowest BCUT2D eigenvalue weighted by Crippen LogP contribution is -2.34. The number of halogens is 2. The molecule has 0 radical (unpaired) electrons. The highest BCUT2D eigenvalue weighted by molar-refractivity contribution is 9.10. The number of rotatable bonds is 2. The molecule has 0 aliphatic heterocycles. The summed E-state index contributed by atoms with van der Waals surface area (Å²) >= 11 is 3.12. The number of alkyl carbamates (subject to hydrolysis) is 1. The summed E-state index contributed by atoms with van der Waals surface area (Å²) in [5.41, 5.74) is 0.403. The highest BCUT2D eigenvalue weighted by atomic mass is 79.9. The van der Waals surface area contributed by atoms with Gasteiger partial charge in [-0.2, -0.15) is 0 Å². The molecule has 2 rings (SSSR count). The van der Waals surface area contributed by atoms with Gasteiger partial charge in [0.25, 0.3) is 0 Å². The van der Waals surface area contributed by atoms with Gasteiger partial charge in [0.2, 0.25) is 0 Å². The number of nitrogens with one attached hydrogen (secondary N) is 1. The summed E-state index contributed by atoms with van der Waals surface area (Å²) in [5.74, 6) is -0.101. The van der Waals surface area contributed by atoms with E-state index in [9.17, 15) is 9.18 Å². The van der Waals surface area contributed by atoms with Gasteiger partial charge in [0.15, 0.2) is 0 Å². The molecule has 0 spiro atoms. The van der Waals surface area contributed by atoms with Crippen molar-refractivity contribution < 1.29 is 13.9 Å². The predicted octanol–water partition coefficient (Wildman–Crippen LogP) is 3.97. The second-order valence-electron chi connectivity index (χ2n) is 5.77. The Morgan fingerprint density at radius 1 is 1.47 bits per heavy atom. The van der Waals surface area contributed by atoms with Crippen molar-refractivity contribution in [3.05, 3.63) is 34.1 Å². The van der Waals surface area contributed by atoms with Crippen LogP contribution in [-0.4, -0.2) is 17.7 Å². The molecule has 1 aliphatic carbocycles. The molecule has 0 heterocycles. The topological polar surface area (TPSA) is 38.3 Å². The first-order valence-corrected chi connectivity index (χ1v) is 7.00. The van der Waals surface area contributed by atoms with Gasteiger partial charge in [-0.15, -0.1) is 0 Å². The summed E-state index contributed by atoms with van der Waals surface area (Å²) in [5, 5.41) is 2.80. The lowest BCUT2D eigenvalue weighted by atomic mass is 10.1. The zero-order chi connectivity index (χ0) is 14.2. The van der Waals surface area contributed by atoms with E-state index in [-0.39, 0.29) is 17.8 Å². The van der Waals surface area contributed by atoms with E-state index >= 15 is 0 Å². The van der Waals surface area contributed by atoms with Crippen molar-refractivity contribution in [2.75, 3.05) is 0 Å². The molecule has 0 aromatic heterocycles. The molecule has 0 bridgehead atoms. The Morgan fingerprint density at radius 2 is 2.16 bits per heavy atom. The summed E-state index contributed by atoms with van der Waals surface area (Å²) in [6, 6.07) is 5.10. The summed E-state index contributed by atoms with van der Waals surface area (Å²) in [6.07, 6.45) is 0.401. The molecule has 1 amide bonds. The first kappa shape index (κ1) is 14.3. The molecule has 19 heavy (non-hydrogen) atoms. The van der Waals surface area contributed by atoms with E-state index in [4.69, 9.17) is 4.74 Å². The summed E-state index contributed by atoms with van der Waals surface area (Å²) in [4.78, 5) is 11.6. The van der Waals surface area contributed by atoms with Crippen LogP contribution in [0.15, 0.2) is 22.7 Å². The van der Waals surface area contributed by atoms with E-state index in [0.29, 0.717) is 4.47 Å². The summed E-state index contributed by atoms with van der Waals surface area (Å²) < 4.78 is 19.1. The minimum absolute atomic E-state index is 0.0374. The van der Waals surface area contributed by atoms with Crippen LogP contribution in [0, 0.1) is 5.82 Å². The fourth-order valence-corrected chi connectivity index (χ4v) is 2.17. The fraction of sp³-hybridized carbons (Fsp3) is 0.500. The Morgan fingerprint density at radius 3 is 2.74 bits per heavy atom. The van der Waals surface area contributed by atoms with Crippen LogP contribution in [0.25, 0.3) is 0 Å². The molecule has 5 heteroatoms. The minimum Gasteiger partial charge on any atom is -0.444 e. The molecule has 1 N–H and O–H groups in total. The van der Waals surface area contributed by atoms with Crippen LogP contribution in [-0.2, 0) is 4.74 Å². The quantitative estimate of drug-likeness (QED) is 0.891. The lowest BCUT2D eigenvalue weighted by molar-refractivity contribution is 0.0523. The molecule has 1 fully saturated rings. The standard InChI is InChI=1S/C14H17BrFNO2/c1-14(2,3)19-13(18)17-12-7-9(12)8-4-5-10(15)11(16)6-8/h4-6,9,12H,7H2,1-3H3,(H,17,18). The van der Waals surface area contributed by atoms with Crippen LogP contribution >= 0.6 is 15.9 Å². The molecule has 1 aliphatic rings. The number of hydrogen-bond acceptors (Lipinski definition) is 2. The van der Waals surface area contributed by atoms with Gasteiger partial charge in [0, 0.05) is 12.0 Å². The smallest absolute Gasteiger partial charge is 0.407 e. The average molecular weight is 330 g/mol. The Balaban J connectivity index is 1.90. The third kappa shape index (κ3) is 3.93. The average Bonchev–Trinajstić information content (AvgIpc) is 2.98. The van der Waals surface area contributed by atoms with Crippen molar-refractivity contribution in [2.45, 2.75) is 44.8 Å². The van der Waals surface area contributed by atoms with Crippen LogP contribution < -0.4 is 5.32 Å². The van der Waals surface area contributed by atoms with Crippen LogP contribution in [0.4, 0.5) is 9.18 Å². The zero-order valence-electron chi connectivity index (χ0n) is 11.2. The molecule has 0 saturated heterocycles. The predicted molar refractivity (Wildman–Crippen MR) is 74.6 cm³/mol. The summed E-state index contributed by atoms with van der Waals surface area (Å²) in [6.45, 7) is 5.46. The van der Waals surface area contributed by atoms with Gasteiger partial charge in [0.05, 0.1) is 4.47 Å². The molecule has 2 unspecified atom stereocenters. The van der Waals surface area contributed by atoms with Crippen molar-refractivity contribution in [1.29, 1.82) is 0 Å². The molecular formula is C14H17BrFNO2. The zero-order valence-corrected chi connectivity index (χ0v) is 12.8. The van der Waals surface area contributed by atoms with Crippen LogP contribution in [0.1, 0.15) is 38.7 Å². The molecule has 2 atom stereocenters. The van der Waals surface area contributed by atoms with Crippen molar-refractivity contribution in [1.82, 2.24) is 5.32 Å². The van der Waals surface area contributed by atoms with Crippen molar-refractivity contribution in [3.63, 3.8) is 0 Å². The van der Waals surface area contributed by atoms with E-state index in [2.05, 4.69) is 21.2 Å². The Kier molecular flexibility index (Phi) is 3.85. The van der Waals surface area contributed by atoms with E-state index in [0.717, 1.165) is 12.0 Å². The van der Waals surface area contributed by atoms with E-state index in [1.807, 2.05) is 26.8 Å². The van der Waals surface area contributed by atoms with Gasteiger partial charge in [-0.1, -0.05) is 6.07 Å². The van der Waals surface area contributed by atoms with Crippen molar-refractivity contribution >= 4 is 22.0 Å². The molecule has 1 saturated carbocycles. The van der Waals surface area contributed by atoms with Gasteiger partial charge in [-0.3, -0.25) is 0 Å².